The molecule has 1 unspecified atom stereocenters. The van der Waals surface area contributed by atoms with Crippen molar-refractivity contribution in [3.05, 3.63) is 89.1 Å². The van der Waals surface area contributed by atoms with Crippen LogP contribution in [0.15, 0.2) is 71.6 Å². The molecule has 0 saturated heterocycles. The van der Waals surface area contributed by atoms with E-state index in [1.807, 2.05) is 32.0 Å². The molecule has 2 aromatic carbocycles. The molecule has 1 N–H and O–H groups in total. The third-order valence-electron chi connectivity index (χ3n) is 13.0. The average molecular weight is 747 g/mol. The molecule has 5 fully saturated rings. The maximum absolute atomic E-state index is 15.1. The first kappa shape index (κ1) is 35.2. The Morgan fingerprint density at radius 3 is 2.30 bits per heavy atom. The zero-order valence-electron chi connectivity index (χ0n) is 32.1. The highest BCUT2D eigenvalue weighted by atomic mass is 32.2. The van der Waals surface area contributed by atoms with Crippen molar-refractivity contribution in [3.8, 4) is 17.1 Å². The van der Waals surface area contributed by atoms with E-state index in [1.54, 1.807) is 18.2 Å². The van der Waals surface area contributed by atoms with Gasteiger partial charge in [-0.1, -0.05) is 51.1 Å². The number of nitrogens with zero attached hydrogens (tertiary/aromatic N) is 5. The van der Waals surface area contributed by atoms with Crippen LogP contribution in [0.2, 0.25) is 0 Å². The Morgan fingerprint density at radius 2 is 1.63 bits per heavy atom. The van der Waals surface area contributed by atoms with E-state index in [9.17, 15) is 8.42 Å². The molecule has 282 valence electrons. The predicted molar refractivity (Wildman–Crippen MR) is 209 cm³/mol. The monoisotopic (exact) mass is 746 g/mol. The van der Waals surface area contributed by atoms with Crippen molar-refractivity contribution in [2.75, 3.05) is 23.3 Å². The second kappa shape index (κ2) is 12.2. The summed E-state index contributed by atoms with van der Waals surface area (Å²) in [4.78, 5) is 34.1. The van der Waals surface area contributed by atoms with Crippen molar-refractivity contribution in [1.29, 1.82) is 0 Å². The van der Waals surface area contributed by atoms with E-state index in [1.165, 1.54) is 37.8 Å². The van der Waals surface area contributed by atoms with E-state index in [4.69, 9.17) is 9.72 Å². The summed E-state index contributed by atoms with van der Waals surface area (Å²) in [6.45, 7) is 10.7. The molecule has 10 rings (SSSR count). The molecule has 0 radical (unpaired) electrons. The fourth-order valence-corrected chi connectivity index (χ4v) is 11.0. The first-order valence-electron chi connectivity index (χ1n) is 19.4. The highest BCUT2D eigenvalue weighted by Gasteiger charge is 2.71. The van der Waals surface area contributed by atoms with E-state index in [0.717, 1.165) is 41.0 Å². The summed E-state index contributed by atoms with van der Waals surface area (Å²) in [7, 11) is -2.00. The summed E-state index contributed by atoms with van der Waals surface area (Å²) in [6.07, 6.45) is 7.60. The van der Waals surface area contributed by atoms with Crippen LogP contribution in [0.3, 0.4) is 0 Å². The molecule has 1 aliphatic heterocycles. The van der Waals surface area contributed by atoms with Gasteiger partial charge in [-0.15, -0.1) is 0 Å². The van der Waals surface area contributed by atoms with Crippen molar-refractivity contribution in [1.82, 2.24) is 19.9 Å². The molecule has 6 aliphatic rings. The predicted octanol–water partition coefficient (Wildman–Crippen LogP) is 7.92. The van der Waals surface area contributed by atoms with Gasteiger partial charge in [0, 0.05) is 41.9 Å². The largest absolute Gasteiger partial charge is 0.475 e. The van der Waals surface area contributed by atoms with E-state index in [-0.39, 0.29) is 46.6 Å². The van der Waals surface area contributed by atoms with E-state index >= 15 is 4.79 Å². The smallest absolute Gasteiger partial charge is 0.264 e. The summed E-state index contributed by atoms with van der Waals surface area (Å²) in [5.41, 5.74) is 4.75. The van der Waals surface area contributed by atoms with Gasteiger partial charge in [-0.25, -0.2) is 23.1 Å². The number of benzene rings is 2. The second-order valence-electron chi connectivity index (χ2n) is 18.1. The number of carbonyl (C=O) groups excluding carboxylic acids is 1. The summed E-state index contributed by atoms with van der Waals surface area (Å²) < 4.78 is 37.1. The quantitative estimate of drug-likeness (QED) is 0.212. The van der Waals surface area contributed by atoms with Gasteiger partial charge in [0.25, 0.3) is 15.9 Å². The third kappa shape index (κ3) is 5.94. The number of fused-ring (bicyclic) bond motifs is 4. The molecule has 11 heteroatoms. The van der Waals surface area contributed by atoms with E-state index < -0.39 is 15.6 Å². The zero-order chi connectivity index (χ0) is 37.8. The molecule has 1 spiro atoms. The van der Waals surface area contributed by atoms with Gasteiger partial charge >= 0.3 is 0 Å². The topological polar surface area (TPSA) is 118 Å². The average Bonchev–Trinajstić information content (AvgIpc) is 3.88. The Labute approximate surface area is 318 Å². The number of aryl methyl sites for hydroxylation is 2. The number of sulfonamides is 1. The third-order valence-corrected chi connectivity index (χ3v) is 14.3. The van der Waals surface area contributed by atoms with Gasteiger partial charge in [-0.2, -0.15) is 4.98 Å². The Bertz CT molecular complexity index is 2250. The fraction of sp³-hybridized carbons (Fsp3) is 0.488. The molecule has 54 heavy (non-hydrogen) atoms. The molecular formula is C43H50N6O4S. The number of amides is 1. The molecule has 5 saturated carbocycles. The minimum Gasteiger partial charge on any atom is -0.475 e. The zero-order valence-corrected chi connectivity index (χ0v) is 32.9. The van der Waals surface area contributed by atoms with Crippen molar-refractivity contribution < 1.29 is 17.9 Å². The number of hydrogen-bond acceptors (Lipinski definition) is 8. The summed E-state index contributed by atoms with van der Waals surface area (Å²) in [6, 6.07) is 20.7. The molecule has 3 heterocycles. The van der Waals surface area contributed by atoms with Gasteiger partial charge in [0.15, 0.2) is 0 Å². The minimum absolute atomic E-state index is 0.0287. The number of anilines is 2. The Morgan fingerprint density at radius 1 is 0.926 bits per heavy atom. The Hall–Kier alpha value is -4.51. The summed E-state index contributed by atoms with van der Waals surface area (Å²) in [5, 5.41) is 0. The molecular weight excluding hydrogens is 697 g/mol. The molecule has 2 aromatic heterocycles. The van der Waals surface area contributed by atoms with Crippen LogP contribution in [-0.4, -0.2) is 65.5 Å². The molecule has 5 aliphatic carbocycles. The summed E-state index contributed by atoms with van der Waals surface area (Å²) >= 11 is 0. The fourth-order valence-electron chi connectivity index (χ4n) is 9.96. The van der Waals surface area contributed by atoms with Crippen LogP contribution in [0.5, 0.6) is 5.88 Å². The maximum atomic E-state index is 15.1. The molecule has 4 aromatic rings. The highest BCUT2D eigenvalue weighted by Crippen LogP contribution is 2.70. The van der Waals surface area contributed by atoms with Crippen LogP contribution in [0, 0.1) is 30.6 Å². The van der Waals surface area contributed by atoms with Gasteiger partial charge in [0.1, 0.15) is 12.4 Å². The minimum atomic E-state index is -4.17. The number of pyridine rings is 1. The lowest BCUT2D eigenvalue weighted by atomic mass is 9.40. The first-order valence-corrected chi connectivity index (χ1v) is 20.9. The van der Waals surface area contributed by atoms with Gasteiger partial charge in [0.2, 0.25) is 11.8 Å². The van der Waals surface area contributed by atoms with Crippen molar-refractivity contribution in [2.24, 2.45) is 16.7 Å². The SMILES string of the molecule is Cc1cccc(C)c1-c1cc2nc(n1)NS(=O)(=O)c1cccc(c1)C(=O)N(C13CC(C1)C3c1cccc(N(C)C3CC4(CC4)C3)n1)[C@H](CC(C)(C)C)CO2. The van der Waals surface area contributed by atoms with Gasteiger partial charge in [-0.05, 0) is 117 Å². The number of ether oxygens (including phenoxy) is 1. The van der Waals surface area contributed by atoms with Gasteiger partial charge in [-0.3, -0.25) is 4.79 Å². The van der Waals surface area contributed by atoms with Crippen molar-refractivity contribution in [3.63, 3.8) is 0 Å². The molecule has 1 amide bonds. The summed E-state index contributed by atoms with van der Waals surface area (Å²) in [5.74, 6) is 1.44. The first-order chi connectivity index (χ1) is 25.6. The number of carbonyl (C=O) groups is 1. The normalized spacial score (nSPS) is 26.4. The molecule has 2 atom stereocenters. The Kier molecular flexibility index (Phi) is 7.99. The lowest BCUT2D eigenvalue weighted by Crippen LogP contribution is -2.77. The highest BCUT2D eigenvalue weighted by molar-refractivity contribution is 7.92. The Balaban J connectivity index is 1.13. The number of rotatable bonds is 6. The van der Waals surface area contributed by atoms with E-state index in [0.29, 0.717) is 35.1 Å². The van der Waals surface area contributed by atoms with E-state index in [2.05, 4.69) is 70.5 Å². The van der Waals surface area contributed by atoms with Crippen LogP contribution >= 0.6 is 0 Å². The number of hydrogen-bond donors (Lipinski definition) is 1. The lowest BCUT2D eigenvalue weighted by Gasteiger charge is -2.72. The van der Waals surface area contributed by atoms with Crippen LogP contribution in [0.1, 0.15) is 98.8 Å². The number of aromatic nitrogens is 3. The van der Waals surface area contributed by atoms with Gasteiger partial charge < -0.3 is 14.5 Å². The molecule has 6 bridgehead atoms. The maximum Gasteiger partial charge on any atom is 0.264 e. The van der Waals surface area contributed by atoms with Crippen LogP contribution < -0.4 is 14.4 Å². The van der Waals surface area contributed by atoms with Gasteiger partial charge in [0.05, 0.1) is 22.2 Å². The number of nitrogens with one attached hydrogen (secondary N) is 1. The van der Waals surface area contributed by atoms with Crippen LogP contribution in [0.25, 0.3) is 11.3 Å². The van der Waals surface area contributed by atoms with Crippen LogP contribution in [-0.2, 0) is 10.0 Å². The lowest BCUT2D eigenvalue weighted by molar-refractivity contribution is -0.172. The standard InChI is InChI=1S/C43H50N6O4S/c1-26-10-7-11-27(2)37(26)34-19-36-46-40(45-34)47-54(51,52)32-13-8-12-28(18-32)39(50)49(31(25-53-36)22-41(3,4)5)43-20-29(21-43)38(43)33-14-9-15-35(44-33)48(6)30-23-42(24-30)16-17-42/h7-15,18-19,29-31,38H,16-17,20-25H2,1-6H3,(H,45,46,47)/t29?,31-,38?,43?/m1/s1. The van der Waals surface area contributed by atoms with Crippen LogP contribution in [0.4, 0.5) is 11.8 Å². The molecule has 10 nitrogen and oxygen atoms in total. The second-order valence-corrected chi connectivity index (χ2v) is 19.7. The van der Waals surface area contributed by atoms with Crippen molar-refractivity contribution >= 4 is 27.7 Å². The van der Waals surface area contributed by atoms with Crippen molar-refractivity contribution in [2.45, 2.75) is 108 Å².